The van der Waals surface area contributed by atoms with Crippen LogP contribution in [-0.4, -0.2) is 28.2 Å². The molecule has 19 heavy (non-hydrogen) atoms. The molecule has 0 radical (unpaired) electrons. The standard InChI is InChI=1S/C12H17Cl2NO3S/c1-2-18-8-4-7-15-19(16,17)9-10-11(13)5-3-6-12(10)14/h3,5-6,15H,2,4,7-9H2,1H3. The van der Waals surface area contributed by atoms with E-state index < -0.39 is 10.0 Å². The molecule has 1 aromatic carbocycles. The molecule has 4 nitrogen and oxygen atoms in total. The fourth-order valence-electron chi connectivity index (χ4n) is 1.46. The van der Waals surface area contributed by atoms with Crippen molar-refractivity contribution >= 4 is 33.2 Å². The second-order valence-corrected chi connectivity index (χ2v) is 6.53. The average Bonchev–Trinajstić information content (AvgIpc) is 2.34. The number of benzene rings is 1. The Morgan fingerprint density at radius 2 is 1.89 bits per heavy atom. The van der Waals surface area contributed by atoms with Crippen LogP contribution in [0.3, 0.4) is 0 Å². The van der Waals surface area contributed by atoms with Crippen LogP contribution in [0.15, 0.2) is 18.2 Å². The van der Waals surface area contributed by atoms with E-state index in [1.807, 2.05) is 6.92 Å². The van der Waals surface area contributed by atoms with Gasteiger partial charge in [0.2, 0.25) is 10.0 Å². The van der Waals surface area contributed by atoms with Gasteiger partial charge in [-0.2, -0.15) is 0 Å². The predicted octanol–water partition coefficient (Wildman–Crippen LogP) is 2.84. The Morgan fingerprint density at radius 1 is 1.26 bits per heavy atom. The molecule has 0 saturated carbocycles. The van der Waals surface area contributed by atoms with Crippen LogP contribution in [0.4, 0.5) is 0 Å². The molecule has 0 aliphatic heterocycles. The Balaban J connectivity index is 2.55. The van der Waals surface area contributed by atoms with Crippen molar-refractivity contribution in [2.24, 2.45) is 0 Å². The fraction of sp³-hybridized carbons (Fsp3) is 0.500. The molecule has 7 heteroatoms. The predicted molar refractivity (Wildman–Crippen MR) is 78.2 cm³/mol. The molecular formula is C12H17Cl2NO3S. The fourth-order valence-corrected chi connectivity index (χ4v) is 3.40. The van der Waals surface area contributed by atoms with Crippen molar-refractivity contribution in [1.29, 1.82) is 0 Å². The summed E-state index contributed by atoms with van der Waals surface area (Å²) in [4.78, 5) is 0. The molecule has 0 spiro atoms. The molecule has 0 heterocycles. The highest BCUT2D eigenvalue weighted by molar-refractivity contribution is 7.88. The first-order valence-electron chi connectivity index (χ1n) is 5.94. The molecule has 1 rings (SSSR count). The van der Waals surface area contributed by atoms with Gasteiger partial charge in [0, 0.05) is 35.4 Å². The summed E-state index contributed by atoms with van der Waals surface area (Å²) in [5, 5.41) is 0.708. The second-order valence-electron chi connectivity index (χ2n) is 3.90. The topological polar surface area (TPSA) is 55.4 Å². The summed E-state index contributed by atoms with van der Waals surface area (Å²) in [6.07, 6.45) is 0.628. The van der Waals surface area contributed by atoms with Gasteiger partial charge in [0.05, 0.1) is 5.75 Å². The molecule has 108 valence electrons. The molecule has 1 aromatic rings. The lowest BCUT2D eigenvalue weighted by Crippen LogP contribution is -2.27. The van der Waals surface area contributed by atoms with Gasteiger partial charge in [-0.15, -0.1) is 0 Å². The highest BCUT2D eigenvalue weighted by atomic mass is 35.5. The number of halogens is 2. The van der Waals surface area contributed by atoms with E-state index in [0.717, 1.165) is 0 Å². The first-order valence-corrected chi connectivity index (χ1v) is 8.35. The van der Waals surface area contributed by atoms with Crippen LogP contribution < -0.4 is 4.72 Å². The third-order valence-corrected chi connectivity index (χ3v) is 4.41. The zero-order valence-corrected chi connectivity index (χ0v) is 13.0. The Morgan fingerprint density at radius 3 is 2.47 bits per heavy atom. The Bertz CT molecular complexity index is 485. The Hall–Kier alpha value is -0.330. The van der Waals surface area contributed by atoms with Crippen LogP contribution in [0.2, 0.25) is 10.0 Å². The largest absolute Gasteiger partial charge is 0.382 e. The maximum atomic E-state index is 11.9. The van der Waals surface area contributed by atoms with Crippen molar-refractivity contribution in [3.8, 4) is 0 Å². The van der Waals surface area contributed by atoms with Crippen LogP contribution in [0.1, 0.15) is 18.9 Å². The first-order chi connectivity index (χ1) is 8.96. The minimum absolute atomic E-state index is 0.222. The Labute approximate surface area is 124 Å². The van der Waals surface area contributed by atoms with Crippen molar-refractivity contribution in [3.63, 3.8) is 0 Å². The van der Waals surface area contributed by atoms with Gasteiger partial charge in [0.15, 0.2) is 0 Å². The quantitative estimate of drug-likeness (QED) is 0.748. The monoisotopic (exact) mass is 325 g/mol. The van der Waals surface area contributed by atoms with E-state index in [2.05, 4.69) is 4.72 Å². The summed E-state index contributed by atoms with van der Waals surface area (Å²) in [5.41, 5.74) is 0.420. The number of hydrogen-bond donors (Lipinski definition) is 1. The summed E-state index contributed by atoms with van der Waals surface area (Å²) < 4.78 is 31.4. The molecule has 0 aliphatic rings. The number of ether oxygens (including phenoxy) is 1. The van der Waals surface area contributed by atoms with Crippen LogP contribution in [0.5, 0.6) is 0 Å². The van der Waals surface area contributed by atoms with E-state index >= 15 is 0 Å². The minimum atomic E-state index is -3.44. The lowest BCUT2D eigenvalue weighted by molar-refractivity contribution is 0.146. The lowest BCUT2D eigenvalue weighted by Gasteiger charge is -2.09. The van der Waals surface area contributed by atoms with E-state index in [4.69, 9.17) is 27.9 Å². The highest BCUT2D eigenvalue weighted by Gasteiger charge is 2.15. The van der Waals surface area contributed by atoms with Crippen molar-refractivity contribution in [2.75, 3.05) is 19.8 Å². The third-order valence-electron chi connectivity index (χ3n) is 2.39. The maximum Gasteiger partial charge on any atom is 0.215 e. The molecule has 0 bridgehead atoms. The number of nitrogens with one attached hydrogen (secondary N) is 1. The van der Waals surface area contributed by atoms with E-state index in [-0.39, 0.29) is 5.75 Å². The van der Waals surface area contributed by atoms with Crippen molar-refractivity contribution in [2.45, 2.75) is 19.1 Å². The van der Waals surface area contributed by atoms with Gasteiger partial charge in [-0.25, -0.2) is 13.1 Å². The smallest absolute Gasteiger partial charge is 0.215 e. The average molecular weight is 326 g/mol. The number of rotatable bonds is 8. The maximum absolute atomic E-state index is 11.9. The van der Waals surface area contributed by atoms with Crippen molar-refractivity contribution < 1.29 is 13.2 Å². The molecular weight excluding hydrogens is 309 g/mol. The van der Waals surface area contributed by atoms with Gasteiger partial charge in [0.25, 0.3) is 0 Å². The number of sulfonamides is 1. The summed E-state index contributed by atoms with van der Waals surface area (Å²) in [6.45, 7) is 3.39. The van der Waals surface area contributed by atoms with Crippen LogP contribution in [0, 0.1) is 0 Å². The lowest BCUT2D eigenvalue weighted by atomic mass is 10.2. The van der Waals surface area contributed by atoms with Gasteiger partial charge in [0.1, 0.15) is 0 Å². The van der Waals surface area contributed by atoms with E-state index in [1.54, 1.807) is 18.2 Å². The number of hydrogen-bond acceptors (Lipinski definition) is 3. The van der Waals surface area contributed by atoms with Crippen LogP contribution in [-0.2, 0) is 20.5 Å². The molecule has 0 amide bonds. The van der Waals surface area contributed by atoms with Gasteiger partial charge in [-0.1, -0.05) is 29.3 Å². The summed E-state index contributed by atoms with van der Waals surface area (Å²) in [5.74, 6) is -0.222. The normalized spacial score (nSPS) is 11.7. The van der Waals surface area contributed by atoms with Gasteiger partial charge in [-0.05, 0) is 25.5 Å². The van der Waals surface area contributed by atoms with E-state index in [9.17, 15) is 8.42 Å². The SMILES string of the molecule is CCOCCCNS(=O)(=O)Cc1c(Cl)cccc1Cl. The van der Waals surface area contributed by atoms with Gasteiger partial charge >= 0.3 is 0 Å². The van der Waals surface area contributed by atoms with Crippen molar-refractivity contribution in [3.05, 3.63) is 33.8 Å². The third kappa shape index (κ3) is 6.10. The molecule has 0 fully saturated rings. The summed E-state index contributed by atoms with van der Waals surface area (Å²) in [7, 11) is -3.44. The van der Waals surface area contributed by atoms with E-state index in [1.165, 1.54) is 0 Å². The summed E-state index contributed by atoms with van der Waals surface area (Å²) >= 11 is 11.9. The minimum Gasteiger partial charge on any atom is -0.382 e. The van der Waals surface area contributed by atoms with Crippen molar-refractivity contribution in [1.82, 2.24) is 4.72 Å². The first kappa shape index (κ1) is 16.7. The molecule has 0 saturated heterocycles. The molecule has 0 atom stereocenters. The second kappa shape index (κ2) is 8.07. The van der Waals surface area contributed by atoms with Crippen LogP contribution >= 0.6 is 23.2 Å². The van der Waals surface area contributed by atoms with Gasteiger partial charge in [-0.3, -0.25) is 0 Å². The molecule has 0 aliphatic carbocycles. The Kier molecular flexibility index (Phi) is 7.10. The summed E-state index contributed by atoms with van der Waals surface area (Å²) in [6, 6.07) is 4.91. The highest BCUT2D eigenvalue weighted by Crippen LogP contribution is 2.25. The van der Waals surface area contributed by atoms with Gasteiger partial charge < -0.3 is 4.74 Å². The zero-order chi connectivity index (χ0) is 14.3. The van der Waals surface area contributed by atoms with E-state index in [0.29, 0.717) is 41.8 Å². The molecule has 0 aromatic heterocycles. The zero-order valence-electron chi connectivity index (χ0n) is 10.7. The molecule has 0 unspecified atom stereocenters. The molecule has 1 N–H and O–H groups in total. The van der Waals surface area contributed by atoms with Crippen LogP contribution in [0.25, 0.3) is 0 Å².